The average molecular weight is 496 g/mol. The molecule has 0 radical (unpaired) electrons. The van der Waals surface area contributed by atoms with E-state index in [1.807, 2.05) is 18.2 Å². The van der Waals surface area contributed by atoms with Crippen molar-refractivity contribution in [3.8, 4) is 11.8 Å². The highest BCUT2D eigenvalue weighted by Gasteiger charge is 2.31. The van der Waals surface area contributed by atoms with Gasteiger partial charge in [0.2, 0.25) is 10.0 Å². The van der Waals surface area contributed by atoms with E-state index in [1.54, 1.807) is 41.3 Å². The van der Waals surface area contributed by atoms with Crippen LogP contribution in [0.3, 0.4) is 0 Å². The van der Waals surface area contributed by atoms with Crippen molar-refractivity contribution in [2.24, 2.45) is 0 Å². The lowest BCUT2D eigenvalue weighted by Gasteiger charge is -2.34. The Morgan fingerprint density at radius 2 is 1.59 bits per heavy atom. The van der Waals surface area contributed by atoms with Gasteiger partial charge in [0.15, 0.2) is 0 Å². The normalized spacial score (nSPS) is 14.4. The van der Waals surface area contributed by atoms with Gasteiger partial charge in [-0.25, -0.2) is 8.42 Å². The number of hydrogen-bond donors (Lipinski definition) is 0. The molecule has 0 bridgehead atoms. The molecule has 1 saturated heterocycles. The zero-order chi connectivity index (χ0) is 24.1. The third kappa shape index (κ3) is 5.23. The van der Waals surface area contributed by atoms with Crippen LogP contribution >= 0.6 is 11.6 Å². The molecule has 1 aliphatic heterocycles. The Bertz CT molecular complexity index is 1310. The number of amides is 1. The Morgan fingerprint density at radius 1 is 0.941 bits per heavy atom. The predicted molar refractivity (Wildman–Crippen MR) is 128 cm³/mol. The van der Waals surface area contributed by atoms with Crippen LogP contribution in [0.4, 0.5) is 0 Å². The fourth-order valence-corrected chi connectivity index (χ4v) is 5.21. The minimum atomic E-state index is -3.70. The van der Waals surface area contributed by atoms with Gasteiger partial charge in [-0.3, -0.25) is 4.79 Å². The van der Waals surface area contributed by atoms with E-state index in [-0.39, 0.29) is 43.6 Å². The van der Waals surface area contributed by atoms with Gasteiger partial charge in [-0.05, 0) is 54.1 Å². The molecule has 1 fully saturated rings. The fourth-order valence-electron chi connectivity index (χ4n) is 3.66. The maximum absolute atomic E-state index is 13.2. The number of sulfonamides is 1. The zero-order valence-corrected chi connectivity index (χ0v) is 19.8. The van der Waals surface area contributed by atoms with Crippen molar-refractivity contribution < 1.29 is 17.9 Å². The van der Waals surface area contributed by atoms with Gasteiger partial charge in [0.25, 0.3) is 5.91 Å². The molecule has 0 atom stereocenters. The molecule has 1 aliphatic rings. The molecule has 0 saturated carbocycles. The number of halogens is 1. The minimum absolute atomic E-state index is 0.132. The third-order valence-corrected chi connectivity index (χ3v) is 7.74. The summed E-state index contributed by atoms with van der Waals surface area (Å²) in [7, 11) is -3.70. The molecular formula is C25H22ClN3O4S. The van der Waals surface area contributed by atoms with Crippen LogP contribution in [0.2, 0.25) is 5.02 Å². The molecule has 7 nitrogen and oxygen atoms in total. The topological polar surface area (TPSA) is 90.7 Å². The van der Waals surface area contributed by atoms with E-state index < -0.39 is 10.0 Å². The first-order valence-electron chi connectivity index (χ1n) is 10.6. The number of hydrogen-bond acceptors (Lipinski definition) is 5. The Labute approximate surface area is 203 Å². The van der Waals surface area contributed by atoms with Crippen LogP contribution in [0.15, 0.2) is 77.7 Å². The zero-order valence-electron chi connectivity index (χ0n) is 18.2. The number of nitrogens with zero attached hydrogens (tertiary/aromatic N) is 3. The summed E-state index contributed by atoms with van der Waals surface area (Å²) in [4.78, 5) is 15.0. The van der Waals surface area contributed by atoms with Crippen LogP contribution in [0.5, 0.6) is 5.75 Å². The summed E-state index contributed by atoms with van der Waals surface area (Å²) in [6, 6.07) is 22.1. The highest BCUT2D eigenvalue weighted by molar-refractivity contribution is 7.89. The first-order chi connectivity index (χ1) is 16.4. The molecule has 34 heavy (non-hydrogen) atoms. The molecule has 3 aromatic carbocycles. The summed E-state index contributed by atoms with van der Waals surface area (Å²) in [6.45, 7) is 1.18. The van der Waals surface area contributed by atoms with Crippen molar-refractivity contribution in [1.29, 1.82) is 5.26 Å². The van der Waals surface area contributed by atoms with E-state index in [9.17, 15) is 13.2 Å². The first-order valence-corrected chi connectivity index (χ1v) is 12.5. The summed E-state index contributed by atoms with van der Waals surface area (Å²) < 4.78 is 33.1. The molecule has 0 aromatic heterocycles. The first kappa shape index (κ1) is 23.8. The number of piperazine rings is 1. The van der Waals surface area contributed by atoms with Crippen LogP contribution in [-0.4, -0.2) is 49.7 Å². The monoisotopic (exact) mass is 495 g/mol. The summed E-state index contributed by atoms with van der Waals surface area (Å²) in [6.07, 6.45) is 0. The number of carbonyl (C=O) groups is 1. The van der Waals surface area contributed by atoms with Crippen LogP contribution in [0, 0.1) is 11.3 Å². The number of ether oxygens (including phenoxy) is 1. The van der Waals surface area contributed by atoms with E-state index in [4.69, 9.17) is 21.6 Å². The highest BCUT2D eigenvalue weighted by Crippen LogP contribution is 2.24. The Hall–Kier alpha value is -3.38. The smallest absolute Gasteiger partial charge is 0.257 e. The summed E-state index contributed by atoms with van der Waals surface area (Å²) in [5.74, 6) is 0.261. The lowest BCUT2D eigenvalue weighted by atomic mass is 10.1. The minimum Gasteiger partial charge on any atom is -0.488 e. The number of benzene rings is 3. The van der Waals surface area contributed by atoms with E-state index in [1.165, 1.54) is 28.6 Å². The molecule has 3 aromatic rings. The van der Waals surface area contributed by atoms with Gasteiger partial charge in [0, 0.05) is 31.2 Å². The Kier molecular flexibility index (Phi) is 7.17. The third-order valence-electron chi connectivity index (χ3n) is 5.57. The van der Waals surface area contributed by atoms with E-state index >= 15 is 0 Å². The quantitative estimate of drug-likeness (QED) is 0.516. The van der Waals surface area contributed by atoms with Gasteiger partial charge in [-0.15, -0.1) is 0 Å². The van der Waals surface area contributed by atoms with Gasteiger partial charge in [-0.1, -0.05) is 35.9 Å². The number of carbonyl (C=O) groups excluding carboxylic acids is 1. The molecule has 0 spiro atoms. The molecule has 0 N–H and O–H groups in total. The fraction of sp³-hybridized carbons (Fsp3) is 0.200. The summed E-state index contributed by atoms with van der Waals surface area (Å²) in [5.41, 5.74) is 1.75. The molecular weight excluding hydrogens is 474 g/mol. The number of para-hydroxylation sites is 1. The maximum Gasteiger partial charge on any atom is 0.257 e. The van der Waals surface area contributed by atoms with Crippen molar-refractivity contribution >= 4 is 27.5 Å². The van der Waals surface area contributed by atoms with Crippen LogP contribution < -0.4 is 4.74 Å². The number of nitriles is 1. The van der Waals surface area contributed by atoms with Gasteiger partial charge in [-0.2, -0.15) is 9.57 Å². The standard InChI is InChI=1S/C25H22ClN3O4S/c26-21-9-5-20(6-10-21)18-33-24-4-2-1-3-23(24)25(30)28-13-15-29(16-14-28)34(31,32)22-11-7-19(17-27)8-12-22/h1-12H,13-16,18H2. The summed E-state index contributed by atoms with van der Waals surface area (Å²) >= 11 is 5.92. The molecule has 9 heteroatoms. The SMILES string of the molecule is N#Cc1ccc(S(=O)(=O)N2CCN(C(=O)c3ccccc3OCc3ccc(Cl)cc3)CC2)cc1. The van der Waals surface area contributed by atoms with Gasteiger partial charge >= 0.3 is 0 Å². The van der Waals surface area contributed by atoms with E-state index in [0.717, 1.165) is 5.56 Å². The van der Waals surface area contributed by atoms with Crippen molar-refractivity contribution in [2.45, 2.75) is 11.5 Å². The largest absolute Gasteiger partial charge is 0.488 e. The lowest BCUT2D eigenvalue weighted by molar-refractivity contribution is 0.0693. The molecule has 1 heterocycles. The highest BCUT2D eigenvalue weighted by atomic mass is 35.5. The molecule has 0 unspecified atom stereocenters. The van der Waals surface area contributed by atoms with Crippen LogP contribution in [0.25, 0.3) is 0 Å². The number of rotatable bonds is 6. The maximum atomic E-state index is 13.2. The predicted octanol–water partition coefficient (Wildman–Crippen LogP) is 3.94. The summed E-state index contributed by atoms with van der Waals surface area (Å²) in [5, 5.41) is 9.55. The second-order valence-electron chi connectivity index (χ2n) is 7.74. The molecule has 0 aliphatic carbocycles. The van der Waals surface area contributed by atoms with Gasteiger partial charge in [0.1, 0.15) is 12.4 Å². The Balaban J connectivity index is 1.41. The van der Waals surface area contributed by atoms with Gasteiger partial charge < -0.3 is 9.64 Å². The lowest BCUT2D eigenvalue weighted by Crippen LogP contribution is -2.50. The second kappa shape index (κ2) is 10.3. The van der Waals surface area contributed by atoms with Crippen molar-refractivity contribution in [1.82, 2.24) is 9.21 Å². The second-order valence-corrected chi connectivity index (χ2v) is 10.1. The van der Waals surface area contributed by atoms with Crippen LogP contribution in [0.1, 0.15) is 21.5 Å². The van der Waals surface area contributed by atoms with E-state index in [0.29, 0.717) is 21.9 Å². The van der Waals surface area contributed by atoms with Crippen molar-refractivity contribution in [3.63, 3.8) is 0 Å². The van der Waals surface area contributed by atoms with Crippen LogP contribution in [-0.2, 0) is 16.6 Å². The molecule has 1 amide bonds. The average Bonchev–Trinajstić information content (AvgIpc) is 2.88. The molecule has 174 valence electrons. The Morgan fingerprint density at radius 3 is 2.24 bits per heavy atom. The van der Waals surface area contributed by atoms with Crippen molar-refractivity contribution in [3.05, 3.63) is 94.5 Å². The van der Waals surface area contributed by atoms with E-state index in [2.05, 4.69) is 0 Å². The van der Waals surface area contributed by atoms with Gasteiger partial charge in [0.05, 0.1) is 22.1 Å². The molecule has 4 rings (SSSR count). The van der Waals surface area contributed by atoms with Crippen molar-refractivity contribution in [2.75, 3.05) is 26.2 Å².